The quantitative estimate of drug-likeness (QED) is 0.729. The summed E-state index contributed by atoms with van der Waals surface area (Å²) in [4.78, 5) is 12.9. The van der Waals surface area contributed by atoms with Crippen LogP contribution in [0.1, 0.15) is 44.7 Å². The maximum absolute atomic E-state index is 12.7. The number of piperidine rings is 1. The average Bonchev–Trinajstić information content (AvgIpc) is 2.65. The van der Waals surface area contributed by atoms with E-state index in [0.29, 0.717) is 25.8 Å². The zero-order valence-corrected chi connectivity index (χ0v) is 17.6. The van der Waals surface area contributed by atoms with Gasteiger partial charge in [0.25, 0.3) is 0 Å². The Morgan fingerprint density at radius 1 is 1.19 bits per heavy atom. The normalized spacial score (nSPS) is 20.2. The molecular formula is C18H28N2O5S2. The lowest BCUT2D eigenvalue weighted by atomic mass is 9.97. The minimum Gasteiger partial charge on any atom is -0.349 e. The van der Waals surface area contributed by atoms with Crippen molar-refractivity contribution in [2.24, 2.45) is 5.92 Å². The number of nitrogens with zero attached hydrogens (tertiary/aromatic N) is 1. The number of hydrogen-bond donors (Lipinski definition) is 1. The Morgan fingerprint density at radius 3 is 2.33 bits per heavy atom. The largest absolute Gasteiger partial charge is 0.349 e. The molecule has 1 aliphatic rings. The van der Waals surface area contributed by atoms with E-state index in [4.69, 9.17) is 0 Å². The third-order valence-electron chi connectivity index (χ3n) is 4.95. The van der Waals surface area contributed by atoms with Crippen molar-refractivity contribution in [2.45, 2.75) is 44.0 Å². The van der Waals surface area contributed by atoms with E-state index in [2.05, 4.69) is 5.32 Å². The second kappa shape index (κ2) is 8.70. The van der Waals surface area contributed by atoms with Gasteiger partial charge in [0, 0.05) is 19.3 Å². The lowest BCUT2D eigenvalue weighted by molar-refractivity contribution is -0.126. The van der Waals surface area contributed by atoms with Crippen molar-refractivity contribution >= 4 is 25.8 Å². The molecule has 9 heteroatoms. The van der Waals surface area contributed by atoms with E-state index in [0.717, 1.165) is 11.8 Å². The lowest BCUT2D eigenvalue weighted by Crippen LogP contribution is -2.46. The smallest absolute Gasteiger partial charge is 0.224 e. The molecule has 0 saturated carbocycles. The third-order valence-corrected chi connectivity index (χ3v) is 7.92. The van der Waals surface area contributed by atoms with Crippen LogP contribution in [-0.2, 0) is 24.7 Å². The molecule has 1 N–H and O–H groups in total. The van der Waals surface area contributed by atoms with Crippen molar-refractivity contribution in [1.82, 2.24) is 9.62 Å². The molecule has 2 atom stereocenters. The molecule has 1 fully saturated rings. The molecule has 1 saturated heterocycles. The summed E-state index contributed by atoms with van der Waals surface area (Å²) in [6.07, 6.45) is 3.12. The van der Waals surface area contributed by atoms with Gasteiger partial charge in [0.05, 0.1) is 22.6 Å². The van der Waals surface area contributed by atoms with Crippen molar-refractivity contribution in [3.05, 3.63) is 29.8 Å². The van der Waals surface area contributed by atoms with Gasteiger partial charge < -0.3 is 5.32 Å². The van der Waals surface area contributed by atoms with E-state index < -0.39 is 19.9 Å². The summed E-state index contributed by atoms with van der Waals surface area (Å²) in [6.45, 7) is 4.21. The number of benzene rings is 1. The van der Waals surface area contributed by atoms with Crippen molar-refractivity contribution in [1.29, 1.82) is 0 Å². The van der Waals surface area contributed by atoms with Gasteiger partial charge in [-0.15, -0.1) is 0 Å². The first-order chi connectivity index (χ1) is 12.6. The van der Waals surface area contributed by atoms with Crippen molar-refractivity contribution < 1.29 is 21.6 Å². The van der Waals surface area contributed by atoms with Crippen LogP contribution in [0, 0.1) is 5.92 Å². The van der Waals surface area contributed by atoms with Crippen LogP contribution in [-0.4, -0.2) is 52.1 Å². The Bertz CT molecular complexity index is 864. The molecule has 0 aromatic heterocycles. The first kappa shape index (κ1) is 21.8. The monoisotopic (exact) mass is 416 g/mol. The number of hydrogen-bond acceptors (Lipinski definition) is 5. The van der Waals surface area contributed by atoms with Crippen LogP contribution >= 0.6 is 0 Å². The SMILES string of the molecule is CC[C@@H](NC(=O)[C@@H]1CCCN(S(=O)(=O)CC)C1)c1ccc(S(C)(=O)=O)cc1. The maximum atomic E-state index is 12.7. The highest BCUT2D eigenvalue weighted by Crippen LogP contribution is 2.23. The van der Waals surface area contributed by atoms with E-state index in [1.807, 2.05) is 6.92 Å². The molecule has 0 spiro atoms. The summed E-state index contributed by atoms with van der Waals surface area (Å²) in [7, 11) is -6.56. The Hall–Kier alpha value is -1.45. The number of amides is 1. The van der Waals surface area contributed by atoms with Crippen LogP contribution in [0.5, 0.6) is 0 Å². The van der Waals surface area contributed by atoms with E-state index in [1.165, 1.54) is 16.4 Å². The van der Waals surface area contributed by atoms with Gasteiger partial charge in [-0.1, -0.05) is 19.1 Å². The molecule has 0 unspecified atom stereocenters. The Balaban J connectivity index is 2.08. The summed E-state index contributed by atoms with van der Waals surface area (Å²) in [5.74, 6) is -0.500. The van der Waals surface area contributed by atoms with Gasteiger partial charge in [-0.05, 0) is 43.9 Å². The first-order valence-electron chi connectivity index (χ1n) is 9.16. The molecule has 0 aliphatic carbocycles. The van der Waals surface area contributed by atoms with E-state index in [1.54, 1.807) is 19.1 Å². The molecule has 7 nitrogen and oxygen atoms in total. The van der Waals surface area contributed by atoms with Gasteiger partial charge in [0.2, 0.25) is 15.9 Å². The highest BCUT2D eigenvalue weighted by molar-refractivity contribution is 7.90. The standard InChI is InChI=1S/C18H28N2O5S2/c1-4-17(14-8-10-16(11-9-14)26(3,22)23)19-18(21)15-7-6-12-20(13-15)27(24,25)5-2/h8-11,15,17H,4-7,12-13H2,1-3H3,(H,19,21)/t15-,17-/m1/s1. The molecule has 1 aromatic rings. The van der Waals surface area contributed by atoms with Crippen molar-refractivity contribution in [3.63, 3.8) is 0 Å². The molecule has 1 aromatic carbocycles. The maximum Gasteiger partial charge on any atom is 0.224 e. The zero-order valence-electron chi connectivity index (χ0n) is 16.0. The predicted molar refractivity (Wildman–Crippen MR) is 104 cm³/mol. The van der Waals surface area contributed by atoms with E-state index in [-0.39, 0.29) is 35.1 Å². The molecule has 1 amide bonds. The summed E-state index contributed by atoms with van der Waals surface area (Å²) >= 11 is 0. The number of carbonyl (C=O) groups excluding carboxylic acids is 1. The highest BCUT2D eigenvalue weighted by Gasteiger charge is 2.32. The predicted octanol–water partition coefficient (Wildman–Crippen LogP) is 1.72. The fourth-order valence-electron chi connectivity index (χ4n) is 3.25. The van der Waals surface area contributed by atoms with Gasteiger partial charge in [-0.3, -0.25) is 4.79 Å². The Kier molecular flexibility index (Phi) is 7.04. The third kappa shape index (κ3) is 5.52. The molecule has 0 radical (unpaired) electrons. The fraction of sp³-hybridized carbons (Fsp3) is 0.611. The molecule has 2 rings (SSSR count). The number of sulfone groups is 1. The molecule has 0 bridgehead atoms. The van der Waals surface area contributed by atoms with Crippen LogP contribution in [0.4, 0.5) is 0 Å². The summed E-state index contributed by atoms with van der Waals surface area (Å²) in [5.41, 5.74) is 0.826. The molecule has 152 valence electrons. The lowest BCUT2D eigenvalue weighted by Gasteiger charge is -2.32. The molecular weight excluding hydrogens is 388 g/mol. The van der Waals surface area contributed by atoms with Crippen molar-refractivity contribution in [2.75, 3.05) is 25.1 Å². The second-order valence-corrected chi connectivity index (χ2v) is 11.2. The van der Waals surface area contributed by atoms with Crippen LogP contribution in [0.2, 0.25) is 0 Å². The van der Waals surface area contributed by atoms with Crippen LogP contribution < -0.4 is 5.32 Å². The van der Waals surface area contributed by atoms with Crippen LogP contribution in [0.25, 0.3) is 0 Å². The Morgan fingerprint density at radius 2 is 1.81 bits per heavy atom. The molecule has 1 heterocycles. The minimum absolute atomic E-state index is 0.0333. The number of sulfonamides is 1. The van der Waals surface area contributed by atoms with Gasteiger partial charge >= 0.3 is 0 Å². The average molecular weight is 417 g/mol. The van der Waals surface area contributed by atoms with Crippen LogP contribution in [0.15, 0.2) is 29.2 Å². The first-order valence-corrected chi connectivity index (χ1v) is 12.7. The Labute approximate surface area is 162 Å². The summed E-state index contributed by atoms with van der Waals surface area (Å²) < 4.78 is 48.7. The van der Waals surface area contributed by atoms with Gasteiger partial charge in [-0.2, -0.15) is 0 Å². The fourth-order valence-corrected chi connectivity index (χ4v) is 5.06. The van der Waals surface area contributed by atoms with E-state index in [9.17, 15) is 21.6 Å². The van der Waals surface area contributed by atoms with Gasteiger partial charge in [0.15, 0.2) is 9.84 Å². The van der Waals surface area contributed by atoms with Crippen molar-refractivity contribution in [3.8, 4) is 0 Å². The van der Waals surface area contributed by atoms with Crippen LogP contribution in [0.3, 0.4) is 0 Å². The molecule has 1 aliphatic heterocycles. The van der Waals surface area contributed by atoms with Gasteiger partial charge in [-0.25, -0.2) is 21.1 Å². The summed E-state index contributed by atoms with van der Waals surface area (Å²) in [6, 6.07) is 6.24. The van der Waals surface area contributed by atoms with E-state index >= 15 is 0 Å². The second-order valence-electron chi connectivity index (χ2n) is 6.91. The number of rotatable bonds is 7. The van der Waals surface area contributed by atoms with Gasteiger partial charge in [0.1, 0.15) is 0 Å². The topological polar surface area (TPSA) is 101 Å². The number of nitrogens with one attached hydrogen (secondary N) is 1. The zero-order chi connectivity index (χ0) is 20.2. The minimum atomic E-state index is -3.30. The highest BCUT2D eigenvalue weighted by atomic mass is 32.2. The number of carbonyl (C=O) groups is 1. The molecule has 27 heavy (non-hydrogen) atoms. The summed E-state index contributed by atoms with van der Waals surface area (Å²) in [5, 5.41) is 2.99.